The highest BCUT2D eigenvalue weighted by atomic mass is 32.2. The van der Waals surface area contributed by atoms with E-state index in [4.69, 9.17) is 4.74 Å². The van der Waals surface area contributed by atoms with Crippen molar-refractivity contribution in [2.75, 3.05) is 17.8 Å². The molecule has 0 aromatic heterocycles. The Morgan fingerprint density at radius 2 is 1.88 bits per heavy atom. The van der Waals surface area contributed by atoms with Gasteiger partial charge in [-0.2, -0.15) is 0 Å². The normalized spacial score (nSPS) is 20.1. The van der Waals surface area contributed by atoms with E-state index >= 15 is 0 Å². The molecule has 0 bridgehead atoms. The maximum absolute atomic E-state index is 12.6. The molecule has 1 aliphatic heterocycles. The van der Waals surface area contributed by atoms with E-state index in [0.717, 1.165) is 29.8 Å². The summed E-state index contributed by atoms with van der Waals surface area (Å²) >= 11 is 1.71. The molecule has 1 unspecified atom stereocenters. The Balaban J connectivity index is 1.73. The average molecular weight is 339 g/mol. The number of methoxy groups -OCH3 is 1. The first kappa shape index (κ1) is 15.6. The number of benzene rings is 2. The van der Waals surface area contributed by atoms with E-state index in [9.17, 15) is 4.79 Å². The summed E-state index contributed by atoms with van der Waals surface area (Å²) < 4.78 is 5.25. The summed E-state index contributed by atoms with van der Waals surface area (Å²) in [5.74, 6) is 1.59. The molecule has 3 nitrogen and oxygen atoms in total. The number of ether oxygens (including phenoxy) is 1. The molecule has 1 atom stereocenters. The number of hydrogen-bond donors (Lipinski definition) is 0. The maximum atomic E-state index is 12.6. The molecule has 0 saturated carbocycles. The molecule has 124 valence electrons. The van der Waals surface area contributed by atoms with E-state index in [2.05, 4.69) is 30.3 Å². The Morgan fingerprint density at radius 3 is 2.67 bits per heavy atom. The van der Waals surface area contributed by atoms with Crippen LogP contribution < -0.4 is 9.64 Å². The first-order chi connectivity index (χ1) is 11.8. The summed E-state index contributed by atoms with van der Waals surface area (Å²) in [5, 5.41) is 0.0526. The van der Waals surface area contributed by atoms with Crippen molar-refractivity contribution in [1.29, 1.82) is 0 Å². The second-order valence-corrected chi connectivity index (χ2v) is 7.39. The lowest BCUT2D eigenvalue weighted by Crippen LogP contribution is -2.29. The van der Waals surface area contributed by atoms with Gasteiger partial charge < -0.3 is 4.74 Å². The van der Waals surface area contributed by atoms with Gasteiger partial charge >= 0.3 is 0 Å². The number of thioether (sulfide) groups is 1. The van der Waals surface area contributed by atoms with Gasteiger partial charge in [-0.1, -0.05) is 24.3 Å². The van der Waals surface area contributed by atoms with Crippen molar-refractivity contribution in [2.45, 2.75) is 31.1 Å². The van der Waals surface area contributed by atoms with Crippen LogP contribution in [0.25, 0.3) is 0 Å². The molecule has 4 heteroatoms. The molecule has 4 rings (SSSR count). The molecular formula is C20H21NO2S. The molecule has 2 aliphatic rings. The summed E-state index contributed by atoms with van der Waals surface area (Å²) in [4.78, 5) is 14.7. The molecule has 0 N–H and O–H groups in total. The van der Waals surface area contributed by atoms with E-state index < -0.39 is 0 Å². The van der Waals surface area contributed by atoms with Crippen molar-refractivity contribution in [1.82, 2.24) is 0 Å². The van der Waals surface area contributed by atoms with Crippen LogP contribution in [-0.2, 0) is 17.6 Å². The third-order valence-corrected chi connectivity index (χ3v) is 6.11. The Kier molecular flexibility index (Phi) is 4.23. The number of anilines is 1. The molecular weight excluding hydrogens is 318 g/mol. The second-order valence-electron chi connectivity index (χ2n) is 6.32. The van der Waals surface area contributed by atoms with E-state index in [1.54, 1.807) is 18.9 Å². The second kappa shape index (κ2) is 6.52. The van der Waals surface area contributed by atoms with Crippen LogP contribution in [0.4, 0.5) is 5.69 Å². The largest absolute Gasteiger partial charge is 0.497 e. The Morgan fingerprint density at radius 1 is 1.08 bits per heavy atom. The number of fused-ring (bicyclic) bond motifs is 1. The monoisotopic (exact) mass is 339 g/mol. The van der Waals surface area contributed by atoms with Crippen LogP contribution in [0.3, 0.4) is 0 Å². The van der Waals surface area contributed by atoms with Crippen LogP contribution in [0.15, 0.2) is 42.5 Å². The van der Waals surface area contributed by atoms with E-state index in [-0.39, 0.29) is 11.3 Å². The van der Waals surface area contributed by atoms with Crippen LogP contribution in [0.2, 0.25) is 0 Å². The lowest BCUT2D eigenvalue weighted by atomic mass is 9.90. The van der Waals surface area contributed by atoms with Gasteiger partial charge in [0.15, 0.2) is 0 Å². The molecule has 0 spiro atoms. The lowest BCUT2D eigenvalue weighted by molar-refractivity contribution is -0.115. The van der Waals surface area contributed by atoms with Gasteiger partial charge in [0.2, 0.25) is 5.91 Å². The number of carbonyl (C=O) groups is 1. The van der Waals surface area contributed by atoms with Gasteiger partial charge in [-0.3, -0.25) is 9.69 Å². The zero-order valence-corrected chi connectivity index (χ0v) is 14.6. The van der Waals surface area contributed by atoms with Gasteiger partial charge in [0, 0.05) is 5.69 Å². The van der Waals surface area contributed by atoms with Gasteiger partial charge in [0.05, 0.1) is 12.9 Å². The summed E-state index contributed by atoms with van der Waals surface area (Å²) in [5.41, 5.74) is 5.05. The van der Waals surface area contributed by atoms with Gasteiger partial charge in [-0.15, -0.1) is 11.8 Å². The van der Waals surface area contributed by atoms with Crippen LogP contribution in [0.1, 0.15) is 34.9 Å². The number of rotatable bonds is 3. The highest BCUT2D eigenvalue weighted by Gasteiger charge is 2.35. The molecule has 1 fully saturated rings. The Labute approximate surface area is 147 Å². The zero-order chi connectivity index (χ0) is 16.5. The average Bonchev–Trinajstić information content (AvgIpc) is 3.02. The van der Waals surface area contributed by atoms with Crippen LogP contribution in [0.5, 0.6) is 5.75 Å². The topological polar surface area (TPSA) is 29.5 Å². The predicted octanol–water partition coefficient (Wildman–Crippen LogP) is 4.35. The summed E-state index contributed by atoms with van der Waals surface area (Å²) in [7, 11) is 1.67. The van der Waals surface area contributed by atoms with Gasteiger partial charge in [-0.05, 0) is 60.6 Å². The SMILES string of the molecule is COc1ccc(C2SCC(=O)N2c2cccc3c2CCCC3)cc1. The number of amides is 1. The third kappa shape index (κ3) is 2.69. The van der Waals surface area contributed by atoms with Gasteiger partial charge in [0.25, 0.3) is 0 Å². The summed E-state index contributed by atoms with van der Waals surface area (Å²) in [6.07, 6.45) is 4.67. The number of hydrogen-bond acceptors (Lipinski definition) is 3. The van der Waals surface area contributed by atoms with Crippen molar-refractivity contribution in [2.24, 2.45) is 0 Å². The first-order valence-corrected chi connectivity index (χ1v) is 9.51. The summed E-state index contributed by atoms with van der Waals surface area (Å²) in [6.45, 7) is 0. The lowest BCUT2D eigenvalue weighted by Gasteiger charge is -2.29. The molecule has 2 aromatic carbocycles. The van der Waals surface area contributed by atoms with Gasteiger partial charge in [-0.25, -0.2) is 0 Å². The van der Waals surface area contributed by atoms with E-state index in [0.29, 0.717) is 5.75 Å². The number of nitrogens with zero attached hydrogens (tertiary/aromatic N) is 1. The minimum atomic E-state index is 0.0526. The molecule has 1 aliphatic carbocycles. The number of aryl methyl sites for hydroxylation is 1. The minimum Gasteiger partial charge on any atom is -0.497 e. The Hall–Kier alpha value is -1.94. The molecule has 1 heterocycles. The molecule has 0 radical (unpaired) electrons. The van der Waals surface area contributed by atoms with Crippen molar-refractivity contribution < 1.29 is 9.53 Å². The predicted molar refractivity (Wildman–Crippen MR) is 98.8 cm³/mol. The van der Waals surface area contributed by atoms with E-state index in [1.165, 1.54) is 24.0 Å². The fourth-order valence-electron chi connectivity index (χ4n) is 3.69. The van der Waals surface area contributed by atoms with Crippen LogP contribution in [-0.4, -0.2) is 18.8 Å². The minimum absolute atomic E-state index is 0.0526. The fraction of sp³-hybridized carbons (Fsp3) is 0.350. The number of carbonyl (C=O) groups excluding carboxylic acids is 1. The maximum Gasteiger partial charge on any atom is 0.238 e. The zero-order valence-electron chi connectivity index (χ0n) is 13.8. The van der Waals surface area contributed by atoms with E-state index in [1.807, 2.05) is 17.0 Å². The standard InChI is InChI=1S/C20H21NO2S/c1-23-16-11-9-15(10-12-16)20-21(19(22)13-24-20)18-8-4-6-14-5-2-3-7-17(14)18/h4,6,8-12,20H,2-3,5,7,13H2,1H3. The fourth-order valence-corrected chi connectivity index (χ4v) is 4.86. The Bertz CT molecular complexity index is 757. The van der Waals surface area contributed by atoms with Crippen molar-refractivity contribution >= 4 is 23.4 Å². The molecule has 1 amide bonds. The first-order valence-electron chi connectivity index (χ1n) is 8.46. The van der Waals surface area contributed by atoms with Gasteiger partial charge in [0.1, 0.15) is 11.1 Å². The highest BCUT2D eigenvalue weighted by molar-refractivity contribution is 8.00. The third-order valence-electron chi connectivity index (χ3n) is 4.90. The molecule has 24 heavy (non-hydrogen) atoms. The van der Waals surface area contributed by atoms with Crippen molar-refractivity contribution in [3.05, 3.63) is 59.2 Å². The molecule has 1 saturated heterocycles. The summed E-state index contributed by atoms with van der Waals surface area (Å²) in [6, 6.07) is 14.5. The quantitative estimate of drug-likeness (QED) is 0.832. The van der Waals surface area contributed by atoms with Crippen molar-refractivity contribution in [3.63, 3.8) is 0 Å². The smallest absolute Gasteiger partial charge is 0.238 e. The molecule has 2 aromatic rings. The van der Waals surface area contributed by atoms with Crippen molar-refractivity contribution in [3.8, 4) is 5.75 Å². The van der Waals surface area contributed by atoms with Crippen LogP contribution in [0, 0.1) is 0 Å². The van der Waals surface area contributed by atoms with Crippen LogP contribution >= 0.6 is 11.8 Å². The highest BCUT2D eigenvalue weighted by Crippen LogP contribution is 2.44.